The van der Waals surface area contributed by atoms with Crippen LogP contribution in [-0.4, -0.2) is 56.4 Å². The molecule has 0 aromatic heterocycles. The number of carboxylic acid groups (broad SMARTS) is 1. The quantitative estimate of drug-likeness (QED) is 0.349. The average Bonchev–Trinajstić information content (AvgIpc) is 2.14. The predicted octanol–water partition coefficient (Wildman–Crippen LogP) is -2.22. The van der Waals surface area contributed by atoms with E-state index in [1.165, 1.54) is 0 Å². The standard InChI is InChI=1S/C8H14O6/c9-2-3-1-4(8(13)14)6(11)7(12)5(3)10/h3-7,9-12H,1-2H2,(H,13,14)/t3-,4+,5?,6-,7+/m1/s1. The van der Waals surface area contributed by atoms with Gasteiger partial charge in [0.25, 0.3) is 0 Å². The van der Waals surface area contributed by atoms with Gasteiger partial charge in [0.15, 0.2) is 0 Å². The van der Waals surface area contributed by atoms with Gasteiger partial charge in [-0.15, -0.1) is 0 Å². The highest BCUT2D eigenvalue weighted by molar-refractivity contribution is 5.71. The zero-order valence-corrected chi connectivity index (χ0v) is 7.45. The van der Waals surface area contributed by atoms with E-state index in [1.807, 2.05) is 0 Å². The third kappa shape index (κ3) is 1.88. The highest BCUT2D eigenvalue weighted by Crippen LogP contribution is 2.30. The second kappa shape index (κ2) is 4.22. The van der Waals surface area contributed by atoms with Crippen LogP contribution < -0.4 is 0 Å². The summed E-state index contributed by atoms with van der Waals surface area (Å²) in [6, 6.07) is 0. The molecule has 0 bridgehead atoms. The van der Waals surface area contributed by atoms with Crippen molar-refractivity contribution >= 4 is 5.97 Å². The molecule has 6 nitrogen and oxygen atoms in total. The fourth-order valence-electron chi connectivity index (χ4n) is 1.75. The van der Waals surface area contributed by atoms with Gasteiger partial charge in [-0.25, -0.2) is 0 Å². The minimum absolute atomic E-state index is 0.0365. The van der Waals surface area contributed by atoms with Gasteiger partial charge in [0, 0.05) is 12.5 Å². The molecule has 1 rings (SSSR count). The molecule has 1 aliphatic carbocycles. The highest BCUT2D eigenvalue weighted by Gasteiger charge is 2.45. The lowest BCUT2D eigenvalue weighted by Crippen LogP contribution is -2.53. The minimum atomic E-state index is -1.51. The van der Waals surface area contributed by atoms with E-state index in [1.54, 1.807) is 0 Å². The second-order valence-electron chi connectivity index (χ2n) is 3.59. The van der Waals surface area contributed by atoms with Gasteiger partial charge in [-0.2, -0.15) is 0 Å². The molecule has 1 unspecified atom stereocenters. The molecular formula is C8H14O6. The van der Waals surface area contributed by atoms with Gasteiger partial charge in [-0.1, -0.05) is 0 Å². The molecule has 0 saturated heterocycles. The van der Waals surface area contributed by atoms with Gasteiger partial charge in [0.05, 0.1) is 18.1 Å². The molecule has 1 saturated carbocycles. The summed E-state index contributed by atoms with van der Waals surface area (Å²) in [5.74, 6) is -3.07. The lowest BCUT2D eigenvalue weighted by molar-refractivity contribution is -0.170. The van der Waals surface area contributed by atoms with E-state index in [-0.39, 0.29) is 6.42 Å². The number of rotatable bonds is 2. The fourth-order valence-corrected chi connectivity index (χ4v) is 1.75. The van der Waals surface area contributed by atoms with E-state index in [0.29, 0.717) is 0 Å². The van der Waals surface area contributed by atoms with Crippen LogP contribution in [0, 0.1) is 11.8 Å². The largest absolute Gasteiger partial charge is 0.481 e. The van der Waals surface area contributed by atoms with Crippen LogP contribution in [-0.2, 0) is 4.79 Å². The Morgan fingerprint density at radius 3 is 2.14 bits per heavy atom. The van der Waals surface area contributed by atoms with Gasteiger partial charge in [-0.3, -0.25) is 4.79 Å². The maximum atomic E-state index is 10.6. The van der Waals surface area contributed by atoms with Crippen LogP contribution >= 0.6 is 0 Å². The maximum Gasteiger partial charge on any atom is 0.309 e. The summed E-state index contributed by atoms with van der Waals surface area (Å²) in [5, 5.41) is 45.5. The van der Waals surface area contributed by atoms with E-state index in [0.717, 1.165) is 0 Å². The van der Waals surface area contributed by atoms with Crippen LogP contribution in [0.3, 0.4) is 0 Å². The number of carbonyl (C=O) groups is 1. The zero-order valence-electron chi connectivity index (χ0n) is 7.45. The first kappa shape index (κ1) is 11.4. The van der Waals surface area contributed by atoms with Crippen molar-refractivity contribution in [2.75, 3.05) is 6.61 Å². The number of aliphatic carboxylic acids is 1. The molecule has 1 aliphatic rings. The highest BCUT2D eigenvalue weighted by atomic mass is 16.4. The molecule has 0 aromatic carbocycles. The Hall–Kier alpha value is -0.690. The number of aliphatic hydroxyl groups excluding tert-OH is 4. The van der Waals surface area contributed by atoms with Gasteiger partial charge < -0.3 is 25.5 Å². The van der Waals surface area contributed by atoms with Crippen LogP contribution in [0.4, 0.5) is 0 Å². The number of aliphatic hydroxyl groups is 4. The first-order chi connectivity index (χ1) is 6.49. The minimum Gasteiger partial charge on any atom is -0.481 e. The maximum absolute atomic E-state index is 10.6. The van der Waals surface area contributed by atoms with Crippen molar-refractivity contribution in [1.82, 2.24) is 0 Å². The lowest BCUT2D eigenvalue weighted by Gasteiger charge is -2.37. The Morgan fingerprint density at radius 2 is 1.71 bits per heavy atom. The number of hydrogen-bond acceptors (Lipinski definition) is 5. The van der Waals surface area contributed by atoms with E-state index >= 15 is 0 Å². The van der Waals surface area contributed by atoms with Crippen LogP contribution in [0.5, 0.6) is 0 Å². The second-order valence-corrected chi connectivity index (χ2v) is 3.59. The first-order valence-corrected chi connectivity index (χ1v) is 4.37. The smallest absolute Gasteiger partial charge is 0.309 e. The third-order valence-corrected chi connectivity index (χ3v) is 2.70. The molecule has 14 heavy (non-hydrogen) atoms. The Morgan fingerprint density at radius 1 is 1.14 bits per heavy atom. The molecule has 0 spiro atoms. The molecule has 0 amide bonds. The Balaban J connectivity index is 2.78. The van der Waals surface area contributed by atoms with Crippen molar-refractivity contribution < 1.29 is 30.3 Å². The molecule has 0 aromatic rings. The molecule has 0 heterocycles. The van der Waals surface area contributed by atoms with Gasteiger partial charge in [0.1, 0.15) is 6.10 Å². The Labute approximate surface area is 80.4 Å². The predicted molar refractivity (Wildman–Crippen MR) is 44.3 cm³/mol. The SMILES string of the molecule is O=C(O)[C@H]1C[C@H](CO)C(O)[C@H](O)[C@@H]1O. The summed E-state index contributed by atoms with van der Waals surface area (Å²) in [5.41, 5.74) is 0. The monoisotopic (exact) mass is 206 g/mol. The summed E-state index contributed by atoms with van der Waals surface area (Å²) >= 11 is 0. The topological polar surface area (TPSA) is 118 Å². The fraction of sp³-hybridized carbons (Fsp3) is 0.875. The van der Waals surface area contributed by atoms with Crippen molar-refractivity contribution in [2.45, 2.75) is 24.7 Å². The van der Waals surface area contributed by atoms with E-state index in [2.05, 4.69) is 0 Å². The van der Waals surface area contributed by atoms with Crippen LogP contribution in [0.25, 0.3) is 0 Å². The molecular weight excluding hydrogens is 192 g/mol. The van der Waals surface area contributed by atoms with Crippen molar-refractivity contribution in [1.29, 1.82) is 0 Å². The van der Waals surface area contributed by atoms with Gasteiger partial charge in [0.2, 0.25) is 0 Å². The van der Waals surface area contributed by atoms with Crippen molar-refractivity contribution in [3.63, 3.8) is 0 Å². The molecule has 6 heteroatoms. The number of hydrogen-bond donors (Lipinski definition) is 5. The zero-order chi connectivity index (χ0) is 10.9. The van der Waals surface area contributed by atoms with Crippen molar-refractivity contribution in [3.05, 3.63) is 0 Å². The van der Waals surface area contributed by atoms with Crippen LogP contribution in [0.2, 0.25) is 0 Å². The molecule has 5 atom stereocenters. The average molecular weight is 206 g/mol. The number of carboxylic acids is 1. The van der Waals surface area contributed by atoms with E-state index < -0.39 is 42.7 Å². The summed E-state index contributed by atoms with van der Waals surface area (Å²) in [6.07, 6.45) is -4.30. The van der Waals surface area contributed by atoms with E-state index in [9.17, 15) is 20.1 Å². The summed E-state index contributed by atoms with van der Waals surface area (Å²) in [6.45, 7) is -0.408. The van der Waals surface area contributed by atoms with Gasteiger partial charge in [-0.05, 0) is 6.42 Å². The summed E-state index contributed by atoms with van der Waals surface area (Å²) in [7, 11) is 0. The molecule has 5 N–H and O–H groups in total. The molecule has 1 fully saturated rings. The van der Waals surface area contributed by atoms with Crippen LogP contribution in [0.15, 0.2) is 0 Å². The van der Waals surface area contributed by atoms with Crippen molar-refractivity contribution in [3.8, 4) is 0 Å². The summed E-state index contributed by atoms with van der Waals surface area (Å²) in [4.78, 5) is 10.6. The van der Waals surface area contributed by atoms with Gasteiger partial charge >= 0.3 is 5.97 Å². The molecule has 82 valence electrons. The lowest BCUT2D eigenvalue weighted by atomic mass is 9.76. The van der Waals surface area contributed by atoms with Crippen LogP contribution in [0.1, 0.15) is 6.42 Å². The Kier molecular flexibility index (Phi) is 3.43. The first-order valence-electron chi connectivity index (χ1n) is 4.37. The third-order valence-electron chi connectivity index (χ3n) is 2.70. The van der Waals surface area contributed by atoms with E-state index in [4.69, 9.17) is 10.2 Å². The molecule has 0 radical (unpaired) electrons. The normalized spacial score (nSPS) is 43.6. The van der Waals surface area contributed by atoms with Crippen molar-refractivity contribution in [2.24, 2.45) is 11.8 Å². The Bertz CT molecular complexity index is 216. The summed E-state index contributed by atoms with van der Waals surface area (Å²) < 4.78 is 0. The molecule has 0 aliphatic heterocycles.